The molecule has 4 rings (SSSR count). The molecule has 0 saturated carbocycles. The van der Waals surface area contributed by atoms with Gasteiger partial charge in [0, 0.05) is 12.2 Å². The molecule has 1 aromatic carbocycles. The van der Waals surface area contributed by atoms with Crippen LogP contribution < -0.4 is 5.32 Å². The Balaban J connectivity index is 1.49. The smallest absolute Gasteiger partial charge is 0.290 e. The summed E-state index contributed by atoms with van der Waals surface area (Å²) in [6.07, 6.45) is 1.64. The second-order valence-electron chi connectivity index (χ2n) is 6.53. The average molecular weight is 461 g/mol. The van der Waals surface area contributed by atoms with E-state index in [9.17, 15) is 9.59 Å². The van der Waals surface area contributed by atoms with Crippen LogP contribution in [0.5, 0.6) is 0 Å². The number of halogens is 1. The third-order valence-electron chi connectivity index (χ3n) is 4.53. The van der Waals surface area contributed by atoms with Crippen LogP contribution in [0, 0.1) is 6.92 Å². The van der Waals surface area contributed by atoms with Crippen LogP contribution in [0.1, 0.15) is 49.8 Å². The number of nitrogens with zero attached hydrogens (tertiary/aromatic N) is 3. The molecule has 0 aliphatic carbocycles. The lowest BCUT2D eigenvalue weighted by Crippen LogP contribution is -2.30. The van der Waals surface area contributed by atoms with Gasteiger partial charge in [0.1, 0.15) is 5.01 Å². The van der Waals surface area contributed by atoms with Gasteiger partial charge >= 0.3 is 0 Å². The maximum atomic E-state index is 12.7. The van der Waals surface area contributed by atoms with Gasteiger partial charge < -0.3 is 14.6 Å². The molecule has 2 aromatic heterocycles. The first kappa shape index (κ1) is 18.8. The van der Waals surface area contributed by atoms with E-state index in [0.29, 0.717) is 21.9 Å². The van der Waals surface area contributed by atoms with Crippen LogP contribution in [0.15, 0.2) is 45.5 Å². The van der Waals surface area contributed by atoms with Crippen LogP contribution in [-0.4, -0.2) is 33.5 Å². The largest absolute Gasteiger partial charge is 0.444 e. The van der Waals surface area contributed by atoms with Gasteiger partial charge in [-0.05, 0) is 60.0 Å². The predicted octanol–water partition coefficient (Wildman–Crippen LogP) is 4.43. The van der Waals surface area contributed by atoms with Gasteiger partial charge in [-0.15, -0.1) is 10.2 Å². The molecule has 1 N–H and O–H groups in total. The summed E-state index contributed by atoms with van der Waals surface area (Å²) in [4.78, 5) is 26.9. The number of nitrogens with one attached hydrogen (secondary N) is 1. The van der Waals surface area contributed by atoms with Crippen molar-refractivity contribution in [2.45, 2.75) is 25.8 Å². The maximum absolute atomic E-state index is 12.7. The number of aromatic nitrogens is 2. The van der Waals surface area contributed by atoms with Crippen molar-refractivity contribution in [2.75, 3.05) is 11.9 Å². The number of carbonyl (C=O) groups is 2. The van der Waals surface area contributed by atoms with Crippen molar-refractivity contribution < 1.29 is 14.0 Å². The fourth-order valence-corrected chi connectivity index (χ4v) is 4.31. The number of anilines is 1. The highest BCUT2D eigenvalue weighted by atomic mass is 79.9. The van der Waals surface area contributed by atoms with Crippen LogP contribution in [0.3, 0.4) is 0 Å². The molecule has 7 nitrogen and oxygen atoms in total. The van der Waals surface area contributed by atoms with E-state index in [1.54, 1.807) is 17.0 Å². The first-order valence-electron chi connectivity index (χ1n) is 8.79. The van der Waals surface area contributed by atoms with E-state index >= 15 is 0 Å². The van der Waals surface area contributed by atoms with E-state index in [-0.39, 0.29) is 28.6 Å². The Hall–Kier alpha value is -2.52. The zero-order valence-corrected chi connectivity index (χ0v) is 17.4. The minimum absolute atomic E-state index is 0.186. The summed E-state index contributed by atoms with van der Waals surface area (Å²) >= 11 is 4.43. The van der Waals surface area contributed by atoms with Gasteiger partial charge in [-0.3, -0.25) is 9.59 Å². The van der Waals surface area contributed by atoms with Gasteiger partial charge in [0.05, 0.1) is 6.04 Å². The predicted molar refractivity (Wildman–Crippen MR) is 108 cm³/mol. The normalized spacial score (nSPS) is 16.4. The van der Waals surface area contributed by atoms with Crippen LogP contribution in [0.4, 0.5) is 5.69 Å². The molecule has 1 atom stereocenters. The van der Waals surface area contributed by atoms with Gasteiger partial charge in [0.15, 0.2) is 10.4 Å². The van der Waals surface area contributed by atoms with E-state index in [0.717, 1.165) is 18.4 Å². The molecule has 0 spiro atoms. The Labute approximate surface area is 173 Å². The summed E-state index contributed by atoms with van der Waals surface area (Å²) in [5.41, 5.74) is 1.82. The van der Waals surface area contributed by atoms with Crippen LogP contribution in [0.25, 0.3) is 0 Å². The van der Waals surface area contributed by atoms with Gasteiger partial charge in [-0.2, -0.15) is 0 Å². The number of aryl methyl sites for hydroxylation is 1. The standard InChI is InChI=1S/C19H17BrN4O3S/c1-11-4-6-12(7-5-11)21-16(25)18-23-22-17(28-18)13-3-2-10-24(13)19(26)14-8-9-15(20)27-14/h4-9,13H,2-3,10H2,1H3,(H,21,25)/t13-/m0/s1. The summed E-state index contributed by atoms with van der Waals surface area (Å²) in [7, 11) is 0. The summed E-state index contributed by atoms with van der Waals surface area (Å²) in [5.74, 6) is -0.215. The Morgan fingerprint density at radius 3 is 2.71 bits per heavy atom. The Bertz CT molecular complexity index is 1010. The number of furan rings is 1. The average Bonchev–Trinajstić information content (AvgIpc) is 3.42. The van der Waals surface area contributed by atoms with Gasteiger partial charge in [-0.1, -0.05) is 29.0 Å². The molecule has 28 heavy (non-hydrogen) atoms. The highest BCUT2D eigenvalue weighted by Gasteiger charge is 2.34. The Morgan fingerprint density at radius 2 is 2.00 bits per heavy atom. The quantitative estimate of drug-likeness (QED) is 0.621. The Kier molecular flexibility index (Phi) is 5.27. The molecule has 3 aromatic rings. The summed E-state index contributed by atoms with van der Waals surface area (Å²) in [5, 5.41) is 12.0. The van der Waals surface area contributed by atoms with Crippen molar-refractivity contribution in [3.8, 4) is 0 Å². The van der Waals surface area contributed by atoms with Crippen molar-refractivity contribution in [3.05, 3.63) is 62.4 Å². The zero-order chi connectivity index (χ0) is 19.7. The summed E-state index contributed by atoms with van der Waals surface area (Å²) in [6.45, 7) is 2.60. The third kappa shape index (κ3) is 3.85. The van der Waals surface area contributed by atoms with Crippen molar-refractivity contribution in [3.63, 3.8) is 0 Å². The van der Waals surface area contributed by atoms with Crippen molar-refractivity contribution in [1.82, 2.24) is 15.1 Å². The van der Waals surface area contributed by atoms with Crippen molar-refractivity contribution in [1.29, 1.82) is 0 Å². The molecule has 3 heterocycles. The third-order valence-corrected chi connectivity index (χ3v) is 5.98. The molecular formula is C19H17BrN4O3S. The van der Waals surface area contributed by atoms with Gasteiger partial charge in [-0.25, -0.2) is 0 Å². The van der Waals surface area contributed by atoms with Crippen LogP contribution in [-0.2, 0) is 0 Å². The monoisotopic (exact) mass is 460 g/mol. The molecule has 1 aliphatic rings. The molecule has 1 saturated heterocycles. The number of carbonyl (C=O) groups excluding carboxylic acids is 2. The Morgan fingerprint density at radius 1 is 1.21 bits per heavy atom. The molecule has 9 heteroatoms. The topological polar surface area (TPSA) is 88.3 Å². The lowest BCUT2D eigenvalue weighted by atomic mass is 10.2. The minimum atomic E-state index is -0.307. The first-order chi connectivity index (χ1) is 13.5. The number of rotatable bonds is 4. The highest BCUT2D eigenvalue weighted by molar-refractivity contribution is 9.10. The molecule has 0 radical (unpaired) electrons. The number of likely N-dealkylation sites (tertiary alicyclic amines) is 1. The number of hydrogen-bond acceptors (Lipinski definition) is 6. The van der Waals surface area contributed by atoms with E-state index < -0.39 is 0 Å². The fourth-order valence-electron chi connectivity index (χ4n) is 3.12. The first-order valence-corrected chi connectivity index (χ1v) is 10.4. The SMILES string of the molecule is Cc1ccc(NC(=O)c2nnc([C@@H]3CCCN3C(=O)c3ccc(Br)o3)s2)cc1. The molecule has 0 unspecified atom stereocenters. The summed E-state index contributed by atoms with van der Waals surface area (Å²) < 4.78 is 5.90. The lowest BCUT2D eigenvalue weighted by Gasteiger charge is -2.21. The lowest BCUT2D eigenvalue weighted by molar-refractivity contribution is 0.0701. The van der Waals surface area contributed by atoms with Crippen molar-refractivity contribution >= 4 is 44.8 Å². The van der Waals surface area contributed by atoms with Gasteiger partial charge in [0.2, 0.25) is 5.01 Å². The van der Waals surface area contributed by atoms with Crippen LogP contribution in [0.2, 0.25) is 0 Å². The molecule has 0 bridgehead atoms. The second kappa shape index (κ2) is 7.84. The van der Waals surface area contributed by atoms with Crippen LogP contribution >= 0.6 is 27.3 Å². The van der Waals surface area contributed by atoms with E-state index in [4.69, 9.17) is 4.42 Å². The highest BCUT2D eigenvalue weighted by Crippen LogP contribution is 2.35. The number of hydrogen-bond donors (Lipinski definition) is 1. The zero-order valence-electron chi connectivity index (χ0n) is 15.0. The minimum Gasteiger partial charge on any atom is -0.444 e. The number of benzene rings is 1. The van der Waals surface area contributed by atoms with Gasteiger partial charge in [0.25, 0.3) is 11.8 Å². The van der Waals surface area contributed by atoms with E-state index in [1.807, 2.05) is 31.2 Å². The maximum Gasteiger partial charge on any atom is 0.290 e. The fraction of sp³-hybridized carbons (Fsp3) is 0.263. The number of amides is 2. The van der Waals surface area contributed by atoms with E-state index in [1.165, 1.54) is 11.3 Å². The second-order valence-corrected chi connectivity index (χ2v) is 8.32. The molecule has 1 fully saturated rings. The summed E-state index contributed by atoms with van der Waals surface area (Å²) in [6, 6.07) is 10.7. The molecular weight excluding hydrogens is 444 g/mol. The van der Waals surface area contributed by atoms with Crippen molar-refractivity contribution in [2.24, 2.45) is 0 Å². The molecule has 1 aliphatic heterocycles. The van der Waals surface area contributed by atoms with E-state index in [2.05, 4.69) is 31.4 Å². The molecule has 2 amide bonds. The molecule has 144 valence electrons.